The number of aromatic hydroxyl groups is 1. The van der Waals surface area contributed by atoms with Crippen molar-refractivity contribution in [3.8, 4) is 28.3 Å². The van der Waals surface area contributed by atoms with Crippen LogP contribution in [0.25, 0.3) is 22.5 Å². The summed E-state index contributed by atoms with van der Waals surface area (Å²) >= 11 is 0. The minimum atomic E-state index is -2.65. The summed E-state index contributed by atoms with van der Waals surface area (Å²) in [6.07, 6.45) is -2.65. The Balaban J connectivity index is 2.05. The van der Waals surface area contributed by atoms with E-state index in [2.05, 4.69) is 10.2 Å². The number of rotatable bonds is 3. The van der Waals surface area contributed by atoms with Crippen molar-refractivity contribution in [3.05, 3.63) is 59.9 Å². The Morgan fingerprint density at radius 2 is 1.77 bits per heavy atom. The van der Waals surface area contributed by atoms with Gasteiger partial charge in [-0.15, -0.1) is 0 Å². The predicted octanol–water partition coefficient (Wildman–Crippen LogP) is 4.53. The molecular formula is C16H11F3N2O. The molecule has 2 N–H and O–H groups in total. The first-order valence-electron chi connectivity index (χ1n) is 6.48. The summed E-state index contributed by atoms with van der Waals surface area (Å²) in [5.41, 5.74) is 0.922. The zero-order valence-electron chi connectivity index (χ0n) is 11.2. The number of aromatic nitrogens is 2. The van der Waals surface area contributed by atoms with Crippen LogP contribution in [-0.4, -0.2) is 15.3 Å². The van der Waals surface area contributed by atoms with E-state index < -0.39 is 12.2 Å². The Morgan fingerprint density at radius 1 is 1.00 bits per heavy atom. The van der Waals surface area contributed by atoms with Crippen molar-refractivity contribution >= 4 is 0 Å². The van der Waals surface area contributed by atoms with E-state index in [1.807, 2.05) is 0 Å². The molecule has 3 aromatic rings. The highest BCUT2D eigenvalue weighted by molar-refractivity contribution is 5.72. The Kier molecular flexibility index (Phi) is 3.58. The molecule has 0 radical (unpaired) electrons. The number of benzene rings is 2. The maximum atomic E-state index is 13.7. The average molecular weight is 304 g/mol. The lowest BCUT2D eigenvalue weighted by Crippen LogP contribution is -1.86. The molecule has 1 aromatic heterocycles. The molecule has 0 spiro atoms. The Labute approximate surface area is 124 Å². The van der Waals surface area contributed by atoms with Gasteiger partial charge < -0.3 is 5.11 Å². The number of aromatic amines is 1. The first-order chi connectivity index (χ1) is 10.6. The molecule has 0 unspecified atom stereocenters. The number of phenolic OH excluding ortho intramolecular Hbond substituents is 1. The van der Waals surface area contributed by atoms with Gasteiger partial charge in [0.2, 0.25) is 0 Å². The molecule has 0 aliphatic carbocycles. The molecular weight excluding hydrogens is 293 g/mol. The van der Waals surface area contributed by atoms with Crippen LogP contribution in [0.5, 0.6) is 5.75 Å². The van der Waals surface area contributed by atoms with Crippen molar-refractivity contribution in [2.24, 2.45) is 0 Å². The molecule has 1 heterocycles. The molecule has 0 aliphatic heterocycles. The van der Waals surface area contributed by atoms with Gasteiger partial charge in [0.1, 0.15) is 11.6 Å². The van der Waals surface area contributed by atoms with Crippen molar-refractivity contribution in [1.29, 1.82) is 0 Å². The van der Waals surface area contributed by atoms with E-state index in [-0.39, 0.29) is 22.4 Å². The van der Waals surface area contributed by atoms with Crippen molar-refractivity contribution in [2.45, 2.75) is 6.43 Å². The highest BCUT2D eigenvalue weighted by atomic mass is 19.3. The quantitative estimate of drug-likeness (QED) is 0.747. The number of hydrogen-bond acceptors (Lipinski definition) is 2. The second-order valence-electron chi connectivity index (χ2n) is 4.72. The van der Waals surface area contributed by atoms with E-state index >= 15 is 0 Å². The number of phenols is 1. The fourth-order valence-electron chi connectivity index (χ4n) is 2.17. The highest BCUT2D eigenvalue weighted by Crippen LogP contribution is 2.34. The summed E-state index contributed by atoms with van der Waals surface area (Å²) in [5.74, 6) is -0.598. The minimum Gasteiger partial charge on any atom is -0.507 e. The first-order valence-corrected chi connectivity index (χ1v) is 6.48. The lowest BCUT2D eigenvalue weighted by Gasteiger charge is -2.05. The largest absolute Gasteiger partial charge is 0.507 e. The van der Waals surface area contributed by atoms with E-state index in [4.69, 9.17) is 0 Å². The van der Waals surface area contributed by atoms with Crippen LogP contribution in [0, 0.1) is 5.82 Å². The van der Waals surface area contributed by atoms with Gasteiger partial charge in [0.15, 0.2) is 0 Å². The zero-order chi connectivity index (χ0) is 15.7. The topological polar surface area (TPSA) is 48.9 Å². The summed E-state index contributed by atoms with van der Waals surface area (Å²) in [6.45, 7) is 0. The molecule has 0 bridgehead atoms. The van der Waals surface area contributed by atoms with Crippen LogP contribution in [-0.2, 0) is 0 Å². The molecule has 0 saturated heterocycles. The number of hydrogen-bond donors (Lipinski definition) is 2. The van der Waals surface area contributed by atoms with Crippen LogP contribution in [0.15, 0.2) is 48.5 Å². The monoisotopic (exact) mass is 304 g/mol. The van der Waals surface area contributed by atoms with Crippen LogP contribution in [0.1, 0.15) is 12.0 Å². The molecule has 0 atom stereocenters. The van der Waals surface area contributed by atoms with Gasteiger partial charge in [0.05, 0.1) is 11.4 Å². The summed E-state index contributed by atoms with van der Waals surface area (Å²) in [6, 6.07) is 11.1. The lowest BCUT2D eigenvalue weighted by atomic mass is 10.1. The standard InChI is InChI=1S/C16H11F3N2O/c17-12-4-2-1-3-10(12)13-8-14(21-20-13)11-7-9(16(18)19)5-6-15(11)22/h1-8,16,22H,(H,20,21). The second kappa shape index (κ2) is 5.55. The van der Waals surface area contributed by atoms with Gasteiger partial charge in [-0.05, 0) is 36.4 Å². The van der Waals surface area contributed by atoms with Crippen molar-refractivity contribution in [1.82, 2.24) is 10.2 Å². The van der Waals surface area contributed by atoms with Gasteiger partial charge in [0, 0.05) is 16.7 Å². The maximum absolute atomic E-state index is 13.7. The molecule has 3 nitrogen and oxygen atoms in total. The van der Waals surface area contributed by atoms with E-state index in [1.54, 1.807) is 18.2 Å². The summed E-state index contributed by atoms with van der Waals surface area (Å²) in [4.78, 5) is 0. The summed E-state index contributed by atoms with van der Waals surface area (Å²) < 4.78 is 39.3. The normalized spacial score (nSPS) is 11.1. The highest BCUT2D eigenvalue weighted by Gasteiger charge is 2.15. The number of alkyl halides is 2. The average Bonchev–Trinajstić information content (AvgIpc) is 2.97. The van der Waals surface area contributed by atoms with E-state index in [1.165, 1.54) is 24.3 Å². The molecule has 0 saturated carbocycles. The number of nitrogens with zero attached hydrogens (tertiary/aromatic N) is 1. The number of nitrogens with one attached hydrogen (secondary N) is 1. The molecule has 112 valence electrons. The smallest absolute Gasteiger partial charge is 0.263 e. The molecule has 3 rings (SSSR count). The molecule has 0 fully saturated rings. The fraction of sp³-hybridized carbons (Fsp3) is 0.0625. The van der Waals surface area contributed by atoms with E-state index in [0.717, 1.165) is 6.07 Å². The predicted molar refractivity (Wildman–Crippen MR) is 76.0 cm³/mol. The van der Waals surface area contributed by atoms with Gasteiger partial charge in [-0.3, -0.25) is 5.10 Å². The second-order valence-corrected chi connectivity index (χ2v) is 4.72. The molecule has 2 aromatic carbocycles. The Bertz CT molecular complexity index is 815. The Hall–Kier alpha value is -2.76. The maximum Gasteiger partial charge on any atom is 0.263 e. The van der Waals surface area contributed by atoms with Gasteiger partial charge >= 0.3 is 0 Å². The van der Waals surface area contributed by atoms with Crippen LogP contribution in [0.4, 0.5) is 13.2 Å². The minimum absolute atomic E-state index is 0.159. The number of H-pyrrole nitrogens is 1. The van der Waals surface area contributed by atoms with Gasteiger partial charge in [-0.25, -0.2) is 13.2 Å². The van der Waals surface area contributed by atoms with Gasteiger partial charge in [-0.1, -0.05) is 12.1 Å². The summed E-state index contributed by atoms with van der Waals surface area (Å²) in [7, 11) is 0. The third kappa shape index (κ3) is 2.55. The van der Waals surface area contributed by atoms with E-state index in [0.29, 0.717) is 11.4 Å². The zero-order valence-corrected chi connectivity index (χ0v) is 11.2. The molecule has 22 heavy (non-hydrogen) atoms. The molecule has 6 heteroatoms. The van der Waals surface area contributed by atoms with E-state index in [9.17, 15) is 18.3 Å². The van der Waals surface area contributed by atoms with Crippen LogP contribution >= 0.6 is 0 Å². The Morgan fingerprint density at radius 3 is 2.50 bits per heavy atom. The van der Waals surface area contributed by atoms with Crippen LogP contribution in [0.2, 0.25) is 0 Å². The first kappa shape index (κ1) is 14.2. The van der Waals surface area contributed by atoms with Crippen molar-refractivity contribution < 1.29 is 18.3 Å². The fourth-order valence-corrected chi connectivity index (χ4v) is 2.17. The SMILES string of the molecule is Oc1ccc(C(F)F)cc1-c1cc(-c2ccccc2F)n[nH]1. The number of halogens is 3. The lowest BCUT2D eigenvalue weighted by molar-refractivity contribution is 0.151. The van der Waals surface area contributed by atoms with Crippen LogP contribution in [0.3, 0.4) is 0 Å². The third-order valence-electron chi connectivity index (χ3n) is 3.29. The van der Waals surface area contributed by atoms with Crippen molar-refractivity contribution in [3.63, 3.8) is 0 Å². The van der Waals surface area contributed by atoms with Gasteiger partial charge in [-0.2, -0.15) is 5.10 Å². The van der Waals surface area contributed by atoms with Crippen molar-refractivity contribution in [2.75, 3.05) is 0 Å². The van der Waals surface area contributed by atoms with Gasteiger partial charge in [0.25, 0.3) is 6.43 Å². The molecule has 0 aliphatic rings. The molecule has 0 amide bonds. The summed E-state index contributed by atoms with van der Waals surface area (Å²) in [5, 5.41) is 16.4. The third-order valence-corrected chi connectivity index (χ3v) is 3.29. The van der Waals surface area contributed by atoms with Crippen LogP contribution < -0.4 is 0 Å².